The Labute approximate surface area is 97.8 Å². The van der Waals surface area contributed by atoms with Gasteiger partial charge in [-0.1, -0.05) is 18.5 Å². The van der Waals surface area contributed by atoms with E-state index in [-0.39, 0.29) is 23.1 Å². The average Bonchev–Trinajstić information content (AvgIpc) is 2.20. The van der Waals surface area contributed by atoms with Gasteiger partial charge in [-0.15, -0.1) is 0 Å². The molecular weight excluding hydrogens is 235 g/mol. The second kappa shape index (κ2) is 5.16. The minimum absolute atomic E-state index is 0.0275. The van der Waals surface area contributed by atoms with E-state index in [2.05, 4.69) is 0 Å². The fourth-order valence-corrected chi connectivity index (χ4v) is 1.62. The summed E-state index contributed by atoms with van der Waals surface area (Å²) in [7, 11) is 1.33. The van der Waals surface area contributed by atoms with Crippen LogP contribution in [0, 0.1) is 5.82 Å². The molecule has 16 heavy (non-hydrogen) atoms. The number of halogens is 2. The summed E-state index contributed by atoms with van der Waals surface area (Å²) in [6.07, 6.45) is -0.0366. The molecule has 0 aliphatic rings. The number of carboxylic acids is 1. The molecule has 88 valence electrons. The van der Waals surface area contributed by atoms with Crippen LogP contribution in [0.4, 0.5) is 4.39 Å². The lowest BCUT2D eigenvalue weighted by Gasteiger charge is -2.12. The summed E-state index contributed by atoms with van der Waals surface area (Å²) < 4.78 is 18.1. The molecule has 1 aromatic carbocycles. The van der Waals surface area contributed by atoms with E-state index in [1.807, 2.05) is 0 Å². The SMILES string of the molecule is COc1cc(C(C)CC(=O)O)cc(Cl)c1F. The number of aliphatic carboxylic acids is 1. The first-order valence-corrected chi connectivity index (χ1v) is 5.08. The Balaban J connectivity index is 3.05. The molecule has 3 nitrogen and oxygen atoms in total. The van der Waals surface area contributed by atoms with Gasteiger partial charge in [0.15, 0.2) is 11.6 Å². The standard InChI is InChI=1S/C11H12ClFO3/c1-6(3-10(14)15)7-4-8(12)11(13)9(5-7)16-2/h4-6H,3H2,1-2H3,(H,14,15). The van der Waals surface area contributed by atoms with E-state index in [0.29, 0.717) is 5.56 Å². The molecule has 0 bridgehead atoms. The van der Waals surface area contributed by atoms with E-state index < -0.39 is 11.8 Å². The molecule has 0 aliphatic heterocycles. The van der Waals surface area contributed by atoms with Gasteiger partial charge in [0.25, 0.3) is 0 Å². The first-order valence-electron chi connectivity index (χ1n) is 4.70. The maximum Gasteiger partial charge on any atom is 0.303 e. The fraction of sp³-hybridized carbons (Fsp3) is 0.364. The Morgan fingerprint density at radius 2 is 2.25 bits per heavy atom. The summed E-state index contributed by atoms with van der Waals surface area (Å²) >= 11 is 5.68. The average molecular weight is 247 g/mol. The topological polar surface area (TPSA) is 46.5 Å². The highest BCUT2D eigenvalue weighted by molar-refractivity contribution is 6.31. The molecule has 1 atom stereocenters. The van der Waals surface area contributed by atoms with E-state index in [9.17, 15) is 9.18 Å². The summed E-state index contributed by atoms with van der Waals surface area (Å²) in [4.78, 5) is 10.6. The zero-order valence-electron chi connectivity index (χ0n) is 8.96. The van der Waals surface area contributed by atoms with Crippen molar-refractivity contribution >= 4 is 17.6 Å². The summed E-state index contributed by atoms with van der Waals surface area (Å²) in [5, 5.41) is 8.59. The van der Waals surface area contributed by atoms with Gasteiger partial charge in [-0.25, -0.2) is 4.39 Å². The van der Waals surface area contributed by atoms with Crippen LogP contribution in [0.1, 0.15) is 24.8 Å². The Kier molecular flexibility index (Phi) is 4.12. The van der Waals surface area contributed by atoms with E-state index in [1.165, 1.54) is 19.2 Å². The van der Waals surface area contributed by atoms with E-state index in [4.69, 9.17) is 21.4 Å². The number of hydrogen-bond acceptors (Lipinski definition) is 2. The second-order valence-corrected chi connectivity index (χ2v) is 3.93. The lowest BCUT2D eigenvalue weighted by molar-refractivity contribution is -0.137. The third-order valence-corrected chi connectivity index (χ3v) is 2.56. The van der Waals surface area contributed by atoms with Crippen molar-refractivity contribution in [1.82, 2.24) is 0 Å². The largest absolute Gasteiger partial charge is 0.494 e. The van der Waals surface area contributed by atoms with Crippen LogP contribution in [0.2, 0.25) is 5.02 Å². The quantitative estimate of drug-likeness (QED) is 0.888. The van der Waals surface area contributed by atoms with Gasteiger partial charge in [0.05, 0.1) is 18.6 Å². The summed E-state index contributed by atoms with van der Waals surface area (Å²) in [5.41, 5.74) is 0.644. The van der Waals surface area contributed by atoms with Gasteiger partial charge in [0.2, 0.25) is 0 Å². The van der Waals surface area contributed by atoms with Crippen LogP contribution in [0.3, 0.4) is 0 Å². The normalized spacial score (nSPS) is 12.2. The molecule has 0 heterocycles. The Hall–Kier alpha value is -1.29. The minimum Gasteiger partial charge on any atom is -0.494 e. The number of methoxy groups -OCH3 is 1. The molecule has 1 rings (SSSR count). The minimum atomic E-state index is -0.910. The van der Waals surface area contributed by atoms with Crippen LogP contribution in [0.5, 0.6) is 5.75 Å². The lowest BCUT2D eigenvalue weighted by atomic mass is 9.97. The number of carboxylic acid groups (broad SMARTS) is 1. The van der Waals surface area contributed by atoms with Gasteiger partial charge in [0, 0.05) is 0 Å². The van der Waals surface area contributed by atoms with Gasteiger partial charge in [-0.05, 0) is 23.6 Å². The molecule has 0 fully saturated rings. The third-order valence-electron chi connectivity index (χ3n) is 2.29. The Morgan fingerprint density at radius 3 is 2.75 bits per heavy atom. The summed E-state index contributed by atoms with van der Waals surface area (Å²) in [5.74, 6) is -1.76. The van der Waals surface area contributed by atoms with Crippen LogP contribution < -0.4 is 4.74 Å². The molecule has 0 aliphatic carbocycles. The van der Waals surface area contributed by atoms with Crippen molar-refractivity contribution in [2.45, 2.75) is 19.3 Å². The summed E-state index contributed by atoms with van der Waals surface area (Å²) in [6.45, 7) is 1.73. The predicted molar refractivity (Wildman–Crippen MR) is 58.6 cm³/mol. The van der Waals surface area contributed by atoms with Gasteiger partial charge in [-0.3, -0.25) is 4.79 Å². The van der Waals surface area contributed by atoms with Crippen molar-refractivity contribution in [1.29, 1.82) is 0 Å². The highest BCUT2D eigenvalue weighted by Gasteiger charge is 2.15. The van der Waals surface area contributed by atoms with Gasteiger partial charge in [0.1, 0.15) is 0 Å². The zero-order valence-corrected chi connectivity index (χ0v) is 9.71. The number of ether oxygens (including phenoxy) is 1. The van der Waals surface area contributed by atoms with Crippen molar-refractivity contribution < 1.29 is 19.0 Å². The monoisotopic (exact) mass is 246 g/mol. The van der Waals surface area contributed by atoms with Crippen molar-refractivity contribution in [3.63, 3.8) is 0 Å². The maximum absolute atomic E-state index is 13.3. The lowest BCUT2D eigenvalue weighted by Crippen LogP contribution is -2.03. The first kappa shape index (κ1) is 12.8. The van der Waals surface area contributed by atoms with Gasteiger partial charge in [-0.2, -0.15) is 0 Å². The van der Waals surface area contributed by atoms with Crippen LogP contribution in [-0.4, -0.2) is 18.2 Å². The first-order chi connectivity index (χ1) is 7.45. The molecule has 0 radical (unpaired) electrons. The van der Waals surface area contributed by atoms with E-state index in [1.54, 1.807) is 6.92 Å². The molecule has 1 unspecified atom stereocenters. The molecule has 5 heteroatoms. The number of hydrogen-bond donors (Lipinski definition) is 1. The van der Waals surface area contributed by atoms with Crippen molar-refractivity contribution in [3.05, 3.63) is 28.5 Å². The number of rotatable bonds is 4. The Bertz CT molecular complexity index is 406. The zero-order chi connectivity index (χ0) is 12.3. The Morgan fingerprint density at radius 1 is 1.62 bits per heavy atom. The fourth-order valence-electron chi connectivity index (χ4n) is 1.40. The molecule has 1 aromatic rings. The maximum atomic E-state index is 13.3. The van der Waals surface area contributed by atoms with Crippen molar-refractivity contribution in [3.8, 4) is 5.75 Å². The van der Waals surface area contributed by atoms with Gasteiger partial charge >= 0.3 is 5.97 Å². The summed E-state index contributed by atoms with van der Waals surface area (Å²) in [6, 6.07) is 2.89. The van der Waals surface area contributed by atoms with Crippen LogP contribution >= 0.6 is 11.6 Å². The number of carbonyl (C=O) groups is 1. The highest BCUT2D eigenvalue weighted by atomic mass is 35.5. The molecule has 0 saturated carbocycles. The van der Waals surface area contributed by atoms with Crippen LogP contribution in [0.25, 0.3) is 0 Å². The van der Waals surface area contributed by atoms with E-state index >= 15 is 0 Å². The van der Waals surface area contributed by atoms with Crippen molar-refractivity contribution in [2.24, 2.45) is 0 Å². The van der Waals surface area contributed by atoms with Crippen LogP contribution in [0.15, 0.2) is 12.1 Å². The van der Waals surface area contributed by atoms with Crippen molar-refractivity contribution in [2.75, 3.05) is 7.11 Å². The highest BCUT2D eigenvalue weighted by Crippen LogP contribution is 2.31. The molecular formula is C11H12ClFO3. The van der Waals surface area contributed by atoms with Crippen LogP contribution in [-0.2, 0) is 4.79 Å². The molecule has 0 aromatic heterocycles. The smallest absolute Gasteiger partial charge is 0.303 e. The molecule has 0 saturated heterocycles. The molecule has 0 amide bonds. The van der Waals surface area contributed by atoms with E-state index in [0.717, 1.165) is 0 Å². The molecule has 0 spiro atoms. The number of benzene rings is 1. The second-order valence-electron chi connectivity index (χ2n) is 3.52. The predicted octanol–water partition coefficient (Wildman–Crippen LogP) is 3.07. The molecule has 1 N–H and O–H groups in total. The third kappa shape index (κ3) is 2.85. The van der Waals surface area contributed by atoms with Gasteiger partial charge < -0.3 is 9.84 Å².